The van der Waals surface area contributed by atoms with Crippen molar-refractivity contribution in [2.75, 3.05) is 18.1 Å². The molecular formula is C12H13BrFNOS. The molecule has 0 saturated carbocycles. The van der Waals surface area contributed by atoms with Crippen molar-refractivity contribution in [1.82, 2.24) is 5.32 Å². The summed E-state index contributed by atoms with van der Waals surface area (Å²) < 4.78 is 13.3. The molecule has 1 N–H and O–H groups in total. The highest BCUT2D eigenvalue weighted by Crippen LogP contribution is 2.22. The number of carbonyl (C=O) groups excluding carboxylic acids is 1. The summed E-state index contributed by atoms with van der Waals surface area (Å²) >= 11 is 5.00. The molecule has 5 heteroatoms. The molecule has 0 bridgehead atoms. The second-order valence-electron chi connectivity index (χ2n) is 4.07. The van der Waals surface area contributed by atoms with Gasteiger partial charge in [0.1, 0.15) is 5.82 Å². The molecule has 1 atom stereocenters. The second-order valence-corrected chi connectivity index (χ2v) is 6.07. The van der Waals surface area contributed by atoms with Crippen LogP contribution in [0.5, 0.6) is 0 Å². The lowest BCUT2D eigenvalue weighted by Crippen LogP contribution is -2.29. The van der Waals surface area contributed by atoms with Gasteiger partial charge in [-0.2, -0.15) is 11.8 Å². The summed E-state index contributed by atoms with van der Waals surface area (Å²) in [5.74, 6) is 2.39. The molecule has 1 aliphatic rings. The Morgan fingerprint density at radius 1 is 1.59 bits per heavy atom. The standard InChI is InChI=1S/C12H13BrFNOS/c13-10-5-9(1-2-11(10)14)12(16)15-6-8-3-4-17-7-8/h1-2,5,8H,3-4,6-7H2,(H,15,16). The molecule has 0 spiro atoms. The highest BCUT2D eigenvalue weighted by Gasteiger charge is 2.16. The molecule has 1 aromatic rings. The van der Waals surface area contributed by atoms with Crippen molar-refractivity contribution >= 4 is 33.6 Å². The van der Waals surface area contributed by atoms with Crippen LogP contribution in [0.25, 0.3) is 0 Å². The average molecular weight is 318 g/mol. The van der Waals surface area contributed by atoms with E-state index in [1.807, 2.05) is 11.8 Å². The number of thioether (sulfide) groups is 1. The van der Waals surface area contributed by atoms with Crippen LogP contribution < -0.4 is 5.32 Å². The maximum absolute atomic E-state index is 13.0. The van der Waals surface area contributed by atoms with Crippen molar-refractivity contribution in [2.45, 2.75) is 6.42 Å². The van der Waals surface area contributed by atoms with Crippen LogP contribution in [0.4, 0.5) is 4.39 Å². The van der Waals surface area contributed by atoms with E-state index in [-0.39, 0.29) is 11.7 Å². The summed E-state index contributed by atoms with van der Waals surface area (Å²) in [6.45, 7) is 0.709. The van der Waals surface area contributed by atoms with Crippen LogP contribution in [0.15, 0.2) is 22.7 Å². The van der Waals surface area contributed by atoms with Crippen LogP contribution in [0.3, 0.4) is 0 Å². The van der Waals surface area contributed by atoms with E-state index in [2.05, 4.69) is 21.2 Å². The van der Waals surface area contributed by atoms with Crippen LogP contribution in [0, 0.1) is 11.7 Å². The molecule has 2 nitrogen and oxygen atoms in total. The van der Waals surface area contributed by atoms with E-state index in [0.717, 1.165) is 12.2 Å². The van der Waals surface area contributed by atoms with E-state index < -0.39 is 0 Å². The highest BCUT2D eigenvalue weighted by molar-refractivity contribution is 9.10. The van der Waals surface area contributed by atoms with E-state index in [9.17, 15) is 9.18 Å². The Labute approximate surface area is 112 Å². The van der Waals surface area contributed by atoms with Crippen LogP contribution >= 0.6 is 27.7 Å². The van der Waals surface area contributed by atoms with Gasteiger partial charge in [0.25, 0.3) is 5.91 Å². The molecule has 0 aliphatic carbocycles. The van der Waals surface area contributed by atoms with Crippen molar-refractivity contribution in [3.8, 4) is 0 Å². The number of nitrogens with one attached hydrogen (secondary N) is 1. The molecule has 1 amide bonds. The number of carbonyl (C=O) groups is 1. The molecule has 1 fully saturated rings. The first-order valence-electron chi connectivity index (χ1n) is 5.48. The first-order valence-corrected chi connectivity index (χ1v) is 7.42. The zero-order chi connectivity index (χ0) is 12.3. The molecule has 92 valence electrons. The molecule has 1 aliphatic heterocycles. The lowest BCUT2D eigenvalue weighted by Gasteiger charge is -2.10. The fraction of sp³-hybridized carbons (Fsp3) is 0.417. The molecule has 2 rings (SSSR count). The van der Waals surface area contributed by atoms with Gasteiger partial charge in [-0.3, -0.25) is 4.79 Å². The summed E-state index contributed by atoms with van der Waals surface area (Å²) in [4.78, 5) is 11.8. The van der Waals surface area contributed by atoms with E-state index in [0.29, 0.717) is 22.5 Å². The van der Waals surface area contributed by atoms with Gasteiger partial charge in [-0.25, -0.2) is 4.39 Å². The van der Waals surface area contributed by atoms with E-state index >= 15 is 0 Å². The van der Waals surface area contributed by atoms with Gasteiger partial charge in [0.05, 0.1) is 4.47 Å². The van der Waals surface area contributed by atoms with Crippen molar-refractivity contribution in [3.63, 3.8) is 0 Å². The second kappa shape index (κ2) is 5.87. The molecule has 1 aromatic carbocycles. The summed E-state index contributed by atoms with van der Waals surface area (Å²) in [5.41, 5.74) is 0.490. The van der Waals surface area contributed by atoms with E-state index in [1.165, 1.54) is 24.0 Å². The molecular weight excluding hydrogens is 305 g/mol. The Kier molecular flexibility index (Phi) is 4.45. The zero-order valence-corrected chi connectivity index (χ0v) is 11.6. The van der Waals surface area contributed by atoms with Gasteiger partial charge in [-0.15, -0.1) is 0 Å². The highest BCUT2D eigenvalue weighted by atomic mass is 79.9. The lowest BCUT2D eigenvalue weighted by atomic mass is 10.1. The number of halogens is 2. The maximum Gasteiger partial charge on any atom is 0.251 e. The van der Waals surface area contributed by atoms with Gasteiger partial charge < -0.3 is 5.32 Å². The van der Waals surface area contributed by atoms with E-state index in [4.69, 9.17) is 0 Å². The Bertz CT molecular complexity index is 421. The number of rotatable bonds is 3. The maximum atomic E-state index is 13.0. The smallest absolute Gasteiger partial charge is 0.251 e. The predicted molar refractivity (Wildman–Crippen MR) is 71.9 cm³/mol. The molecule has 17 heavy (non-hydrogen) atoms. The van der Waals surface area contributed by atoms with Crippen LogP contribution in [0.1, 0.15) is 16.8 Å². The minimum atomic E-state index is -0.353. The fourth-order valence-electron chi connectivity index (χ4n) is 1.72. The van der Waals surface area contributed by atoms with Gasteiger partial charge in [0.15, 0.2) is 0 Å². The number of hydrogen-bond acceptors (Lipinski definition) is 2. The number of amides is 1. The molecule has 1 unspecified atom stereocenters. The lowest BCUT2D eigenvalue weighted by molar-refractivity contribution is 0.0948. The number of benzene rings is 1. The molecule has 1 heterocycles. The van der Waals surface area contributed by atoms with Crippen molar-refractivity contribution in [1.29, 1.82) is 0 Å². The van der Waals surface area contributed by atoms with Crippen molar-refractivity contribution in [3.05, 3.63) is 34.1 Å². The molecule has 1 saturated heterocycles. The zero-order valence-electron chi connectivity index (χ0n) is 9.21. The topological polar surface area (TPSA) is 29.1 Å². The summed E-state index contributed by atoms with van der Waals surface area (Å²) in [6.07, 6.45) is 1.16. The van der Waals surface area contributed by atoms with Gasteiger partial charge in [-0.05, 0) is 58.0 Å². The summed E-state index contributed by atoms with van der Waals surface area (Å²) in [5, 5.41) is 2.89. The number of hydrogen-bond donors (Lipinski definition) is 1. The third-order valence-corrected chi connectivity index (χ3v) is 4.60. The normalized spacial score (nSPS) is 19.3. The van der Waals surface area contributed by atoms with Gasteiger partial charge in [-0.1, -0.05) is 0 Å². The third-order valence-electron chi connectivity index (χ3n) is 2.76. The Balaban J connectivity index is 1.92. The quantitative estimate of drug-likeness (QED) is 0.928. The third kappa shape index (κ3) is 3.45. The first kappa shape index (κ1) is 12.9. The summed E-state index contributed by atoms with van der Waals surface area (Å²) in [7, 11) is 0. The first-order chi connectivity index (χ1) is 8.16. The van der Waals surface area contributed by atoms with Crippen LogP contribution in [0.2, 0.25) is 0 Å². The molecule has 0 radical (unpaired) electrons. The van der Waals surface area contributed by atoms with Crippen molar-refractivity contribution in [2.24, 2.45) is 5.92 Å². The van der Waals surface area contributed by atoms with Crippen LogP contribution in [-0.4, -0.2) is 24.0 Å². The van der Waals surface area contributed by atoms with Gasteiger partial charge in [0.2, 0.25) is 0 Å². The predicted octanol–water partition coefficient (Wildman–Crippen LogP) is 3.07. The monoisotopic (exact) mass is 317 g/mol. The summed E-state index contributed by atoms with van der Waals surface area (Å²) in [6, 6.07) is 4.30. The Hall–Kier alpha value is -0.550. The van der Waals surface area contributed by atoms with Gasteiger partial charge >= 0.3 is 0 Å². The average Bonchev–Trinajstić information content (AvgIpc) is 2.82. The van der Waals surface area contributed by atoms with E-state index in [1.54, 1.807) is 0 Å². The minimum absolute atomic E-state index is 0.136. The fourth-order valence-corrected chi connectivity index (χ4v) is 3.38. The minimum Gasteiger partial charge on any atom is -0.352 e. The van der Waals surface area contributed by atoms with Gasteiger partial charge in [0, 0.05) is 12.1 Å². The Morgan fingerprint density at radius 3 is 3.06 bits per heavy atom. The Morgan fingerprint density at radius 2 is 2.41 bits per heavy atom. The van der Waals surface area contributed by atoms with Crippen molar-refractivity contribution < 1.29 is 9.18 Å². The SMILES string of the molecule is O=C(NCC1CCSC1)c1ccc(F)c(Br)c1. The largest absolute Gasteiger partial charge is 0.352 e. The molecule has 0 aromatic heterocycles. The van der Waals surface area contributed by atoms with Crippen LogP contribution in [-0.2, 0) is 0 Å².